The zero-order chi connectivity index (χ0) is 13.4. The van der Waals surface area contributed by atoms with Crippen molar-refractivity contribution in [3.8, 4) is 5.69 Å². The Kier molecular flexibility index (Phi) is 2.52. The molecular formula is C14H9FN2O2. The molecule has 0 aliphatic rings. The molecule has 0 atom stereocenters. The maximum absolute atomic E-state index is 12.9. The first-order chi connectivity index (χ1) is 9.16. The fourth-order valence-electron chi connectivity index (χ4n) is 2.00. The Morgan fingerprint density at radius 3 is 2.47 bits per heavy atom. The molecule has 0 bridgehead atoms. The third-order valence-electron chi connectivity index (χ3n) is 2.93. The molecule has 94 valence electrons. The van der Waals surface area contributed by atoms with Crippen LogP contribution in [0.4, 0.5) is 4.39 Å². The summed E-state index contributed by atoms with van der Waals surface area (Å²) in [7, 11) is 0. The molecule has 2 aromatic heterocycles. The van der Waals surface area contributed by atoms with Gasteiger partial charge in [-0.2, -0.15) is 0 Å². The number of benzene rings is 1. The molecule has 19 heavy (non-hydrogen) atoms. The van der Waals surface area contributed by atoms with Crippen LogP contribution in [0.2, 0.25) is 0 Å². The molecule has 1 aromatic carbocycles. The number of rotatable bonds is 1. The summed E-state index contributed by atoms with van der Waals surface area (Å²) in [6.07, 6.45) is 3.06. The van der Waals surface area contributed by atoms with Gasteiger partial charge in [-0.15, -0.1) is 0 Å². The molecule has 0 unspecified atom stereocenters. The Morgan fingerprint density at radius 1 is 1.00 bits per heavy atom. The quantitative estimate of drug-likeness (QED) is 0.722. The van der Waals surface area contributed by atoms with Crippen LogP contribution in [0.3, 0.4) is 0 Å². The highest BCUT2D eigenvalue weighted by Crippen LogP contribution is 2.09. The molecule has 0 spiro atoms. The highest BCUT2D eigenvalue weighted by Gasteiger charge is 2.07. The van der Waals surface area contributed by atoms with Crippen LogP contribution in [0, 0.1) is 5.82 Å². The van der Waals surface area contributed by atoms with Crippen LogP contribution < -0.4 is 11.1 Å². The molecule has 0 fully saturated rings. The normalized spacial score (nSPS) is 10.8. The Labute approximate surface area is 106 Å². The van der Waals surface area contributed by atoms with Crippen LogP contribution in [0.15, 0.2) is 58.4 Å². The Hall–Kier alpha value is -2.69. The standard InChI is InChI=1S/C14H9FN2O2/c15-10-1-3-11(4-2-10)17-8-6-9-5-7-16-13(18)12(9)14(17)19/h1-8H,(H,16,18). The number of halogens is 1. The van der Waals surface area contributed by atoms with Gasteiger partial charge < -0.3 is 4.98 Å². The smallest absolute Gasteiger partial charge is 0.268 e. The van der Waals surface area contributed by atoms with Crippen molar-refractivity contribution in [2.45, 2.75) is 0 Å². The molecule has 0 saturated carbocycles. The summed E-state index contributed by atoms with van der Waals surface area (Å²) >= 11 is 0. The van der Waals surface area contributed by atoms with Gasteiger partial charge >= 0.3 is 0 Å². The van der Waals surface area contributed by atoms with Crippen molar-refractivity contribution in [2.24, 2.45) is 0 Å². The third-order valence-corrected chi connectivity index (χ3v) is 2.93. The number of nitrogens with zero attached hydrogens (tertiary/aromatic N) is 1. The summed E-state index contributed by atoms with van der Waals surface area (Å²) in [6, 6.07) is 8.84. The van der Waals surface area contributed by atoms with E-state index >= 15 is 0 Å². The van der Waals surface area contributed by atoms with Crippen LogP contribution >= 0.6 is 0 Å². The largest absolute Gasteiger partial charge is 0.328 e. The second-order valence-electron chi connectivity index (χ2n) is 4.10. The molecule has 1 N–H and O–H groups in total. The van der Waals surface area contributed by atoms with Gasteiger partial charge in [0, 0.05) is 18.1 Å². The highest BCUT2D eigenvalue weighted by molar-refractivity contribution is 5.80. The van der Waals surface area contributed by atoms with Crippen LogP contribution in [0.25, 0.3) is 16.5 Å². The molecule has 0 amide bonds. The van der Waals surface area contributed by atoms with E-state index in [2.05, 4.69) is 4.98 Å². The highest BCUT2D eigenvalue weighted by atomic mass is 19.1. The maximum Gasteiger partial charge on any atom is 0.268 e. The second kappa shape index (κ2) is 4.20. The van der Waals surface area contributed by atoms with Gasteiger partial charge in [-0.25, -0.2) is 4.39 Å². The summed E-state index contributed by atoms with van der Waals surface area (Å²) in [5, 5.41) is 0.668. The Bertz CT molecular complexity index is 863. The summed E-state index contributed by atoms with van der Waals surface area (Å²) in [6.45, 7) is 0. The minimum Gasteiger partial charge on any atom is -0.328 e. The van der Waals surface area contributed by atoms with Crippen LogP contribution in [0.1, 0.15) is 0 Å². The van der Waals surface area contributed by atoms with Crippen molar-refractivity contribution in [3.05, 3.63) is 75.3 Å². The number of H-pyrrole nitrogens is 1. The molecule has 5 heteroatoms. The average molecular weight is 256 g/mol. The molecule has 4 nitrogen and oxygen atoms in total. The molecule has 0 radical (unpaired) electrons. The van der Waals surface area contributed by atoms with E-state index < -0.39 is 11.1 Å². The van der Waals surface area contributed by atoms with Gasteiger partial charge in [0.25, 0.3) is 11.1 Å². The first kappa shape index (κ1) is 11.4. The van der Waals surface area contributed by atoms with Gasteiger partial charge in [0.1, 0.15) is 11.2 Å². The van der Waals surface area contributed by atoms with E-state index in [0.717, 1.165) is 0 Å². The van der Waals surface area contributed by atoms with Crippen LogP contribution in [0.5, 0.6) is 0 Å². The van der Waals surface area contributed by atoms with Crippen molar-refractivity contribution in [3.63, 3.8) is 0 Å². The lowest BCUT2D eigenvalue weighted by molar-refractivity contribution is 0.627. The number of hydrogen-bond donors (Lipinski definition) is 1. The second-order valence-corrected chi connectivity index (χ2v) is 4.10. The molecular weight excluding hydrogens is 247 g/mol. The van der Waals surface area contributed by atoms with E-state index in [-0.39, 0.29) is 11.2 Å². The lowest BCUT2D eigenvalue weighted by Crippen LogP contribution is -2.23. The van der Waals surface area contributed by atoms with Gasteiger partial charge in [0.2, 0.25) is 0 Å². The molecule has 3 rings (SSSR count). The van der Waals surface area contributed by atoms with Gasteiger partial charge in [0.05, 0.1) is 0 Å². The van der Waals surface area contributed by atoms with Crippen molar-refractivity contribution in [2.75, 3.05) is 0 Å². The molecule has 2 heterocycles. The Balaban J connectivity index is 2.35. The van der Waals surface area contributed by atoms with Gasteiger partial charge in [0.15, 0.2) is 0 Å². The van der Waals surface area contributed by atoms with Gasteiger partial charge in [-0.3, -0.25) is 14.2 Å². The summed E-state index contributed by atoms with van der Waals surface area (Å²) in [5.74, 6) is -0.379. The Morgan fingerprint density at radius 2 is 1.74 bits per heavy atom. The summed E-state index contributed by atoms with van der Waals surface area (Å²) < 4.78 is 14.2. The van der Waals surface area contributed by atoms with Crippen LogP contribution in [-0.4, -0.2) is 9.55 Å². The number of pyridine rings is 2. The topological polar surface area (TPSA) is 54.9 Å². The summed E-state index contributed by atoms with van der Waals surface area (Å²) in [5.41, 5.74) is -0.346. The lowest BCUT2D eigenvalue weighted by atomic mass is 10.2. The number of hydrogen-bond acceptors (Lipinski definition) is 2. The molecule has 3 aromatic rings. The third kappa shape index (κ3) is 1.85. The minimum atomic E-state index is -0.432. The SMILES string of the molecule is O=c1[nH]ccc2ccn(-c3ccc(F)cc3)c(=O)c12. The van der Waals surface area contributed by atoms with E-state index in [1.165, 1.54) is 35.0 Å². The van der Waals surface area contributed by atoms with Crippen molar-refractivity contribution >= 4 is 10.8 Å². The number of aromatic amines is 1. The van der Waals surface area contributed by atoms with E-state index in [9.17, 15) is 14.0 Å². The van der Waals surface area contributed by atoms with E-state index in [1.54, 1.807) is 18.3 Å². The van der Waals surface area contributed by atoms with Gasteiger partial charge in [-0.05, 0) is 41.8 Å². The first-order valence-corrected chi connectivity index (χ1v) is 5.66. The molecule has 0 aliphatic heterocycles. The van der Waals surface area contributed by atoms with E-state index in [0.29, 0.717) is 11.1 Å². The molecule has 0 saturated heterocycles. The first-order valence-electron chi connectivity index (χ1n) is 5.66. The van der Waals surface area contributed by atoms with Crippen molar-refractivity contribution in [1.82, 2.24) is 9.55 Å². The van der Waals surface area contributed by atoms with Crippen molar-refractivity contribution < 1.29 is 4.39 Å². The molecule has 0 aliphatic carbocycles. The average Bonchev–Trinajstić information content (AvgIpc) is 2.40. The minimum absolute atomic E-state index is 0.0920. The number of nitrogens with one attached hydrogen (secondary N) is 1. The fourth-order valence-corrected chi connectivity index (χ4v) is 2.00. The monoisotopic (exact) mass is 256 g/mol. The van der Waals surface area contributed by atoms with E-state index in [4.69, 9.17) is 0 Å². The van der Waals surface area contributed by atoms with Crippen LogP contribution in [-0.2, 0) is 0 Å². The maximum atomic E-state index is 12.9. The van der Waals surface area contributed by atoms with Crippen molar-refractivity contribution in [1.29, 1.82) is 0 Å². The zero-order valence-corrected chi connectivity index (χ0v) is 9.76. The lowest BCUT2D eigenvalue weighted by Gasteiger charge is -2.06. The van der Waals surface area contributed by atoms with Gasteiger partial charge in [-0.1, -0.05) is 0 Å². The predicted molar refractivity (Wildman–Crippen MR) is 70.1 cm³/mol. The summed E-state index contributed by atoms with van der Waals surface area (Å²) in [4.78, 5) is 26.5. The number of aromatic nitrogens is 2. The van der Waals surface area contributed by atoms with E-state index in [1.807, 2.05) is 0 Å². The number of fused-ring (bicyclic) bond motifs is 1. The zero-order valence-electron chi connectivity index (χ0n) is 9.76. The predicted octanol–water partition coefficient (Wildman–Crippen LogP) is 1.82. The fraction of sp³-hybridized carbons (Fsp3) is 0.